The summed E-state index contributed by atoms with van der Waals surface area (Å²) < 4.78 is 0. The second-order valence-corrected chi connectivity index (χ2v) is 3.86. The van der Waals surface area contributed by atoms with E-state index in [1.165, 1.54) is 4.90 Å². The van der Waals surface area contributed by atoms with Crippen molar-refractivity contribution < 1.29 is 4.79 Å². The lowest BCUT2D eigenvalue weighted by Crippen LogP contribution is -2.28. The zero-order valence-corrected chi connectivity index (χ0v) is 9.88. The van der Waals surface area contributed by atoms with Gasteiger partial charge < -0.3 is 10.2 Å². The van der Waals surface area contributed by atoms with E-state index in [4.69, 9.17) is 16.9 Å². The molecule has 0 unspecified atom stereocenters. The Hall–Kier alpha value is -1.73. The number of nitrogens with one attached hydrogen (secondary N) is 1. The number of anilines is 1. The van der Waals surface area contributed by atoms with Gasteiger partial charge in [0, 0.05) is 19.8 Å². The number of benzene rings is 1. The smallest absolute Gasteiger partial charge is 0.241 e. The second-order valence-electron chi connectivity index (χ2n) is 3.45. The Morgan fingerprint density at radius 2 is 2.25 bits per heavy atom. The van der Waals surface area contributed by atoms with Crippen LogP contribution in [0, 0.1) is 11.3 Å². The van der Waals surface area contributed by atoms with E-state index in [9.17, 15) is 4.79 Å². The summed E-state index contributed by atoms with van der Waals surface area (Å²) in [6, 6.07) is 6.93. The van der Waals surface area contributed by atoms with Crippen LogP contribution < -0.4 is 5.32 Å². The van der Waals surface area contributed by atoms with Gasteiger partial charge in [0.05, 0.1) is 17.1 Å². The summed E-state index contributed by atoms with van der Waals surface area (Å²) in [5.41, 5.74) is 1.14. The second kappa shape index (κ2) is 5.38. The molecule has 1 amide bonds. The molecule has 4 nitrogen and oxygen atoms in total. The Bertz CT molecular complexity index is 437. The molecular formula is C11H12ClN3O. The molecule has 5 heteroatoms. The van der Waals surface area contributed by atoms with Crippen LogP contribution in [0.4, 0.5) is 5.69 Å². The third kappa shape index (κ3) is 3.14. The first-order valence-corrected chi connectivity index (χ1v) is 5.06. The summed E-state index contributed by atoms with van der Waals surface area (Å²) in [6.45, 7) is 0.204. The van der Waals surface area contributed by atoms with Gasteiger partial charge in [0.2, 0.25) is 5.91 Å². The van der Waals surface area contributed by atoms with Crippen LogP contribution in [0.1, 0.15) is 5.56 Å². The molecule has 1 rings (SSSR count). The molecule has 84 valence electrons. The molecule has 0 radical (unpaired) electrons. The molecule has 0 spiro atoms. The number of halogens is 1. The number of nitriles is 1. The molecule has 1 aromatic rings. The number of rotatable bonds is 3. The van der Waals surface area contributed by atoms with E-state index in [2.05, 4.69) is 5.32 Å². The topological polar surface area (TPSA) is 56.1 Å². The number of carbonyl (C=O) groups excluding carboxylic acids is 1. The maximum atomic E-state index is 11.3. The van der Waals surface area contributed by atoms with Crippen LogP contribution in [0.5, 0.6) is 0 Å². The minimum absolute atomic E-state index is 0.0273. The molecule has 0 fully saturated rings. The van der Waals surface area contributed by atoms with E-state index in [1.54, 1.807) is 32.3 Å². The normalized spacial score (nSPS) is 9.38. The maximum Gasteiger partial charge on any atom is 0.241 e. The molecular weight excluding hydrogens is 226 g/mol. The van der Waals surface area contributed by atoms with Gasteiger partial charge >= 0.3 is 0 Å². The summed E-state index contributed by atoms with van der Waals surface area (Å²) in [5, 5.41) is 12.0. The fraction of sp³-hybridized carbons (Fsp3) is 0.273. The molecule has 1 aromatic carbocycles. The van der Waals surface area contributed by atoms with Gasteiger partial charge in [-0.15, -0.1) is 0 Å². The number of nitrogens with zero attached hydrogens (tertiary/aromatic N) is 2. The predicted octanol–water partition coefficient (Wildman–Crippen LogP) is 1.71. The Balaban J connectivity index is 2.66. The van der Waals surface area contributed by atoms with Crippen molar-refractivity contribution >= 4 is 23.2 Å². The Kier molecular flexibility index (Phi) is 4.15. The van der Waals surface area contributed by atoms with E-state index in [0.29, 0.717) is 10.6 Å². The van der Waals surface area contributed by atoms with Crippen molar-refractivity contribution in [1.29, 1.82) is 5.26 Å². The lowest BCUT2D eigenvalue weighted by atomic mass is 10.2. The van der Waals surface area contributed by atoms with Crippen LogP contribution in [-0.4, -0.2) is 31.4 Å². The first-order valence-electron chi connectivity index (χ1n) is 4.68. The first kappa shape index (κ1) is 12.3. The van der Waals surface area contributed by atoms with Crippen LogP contribution in [0.3, 0.4) is 0 Å². The molecule has 0 aliphatic rings. The summed E-state index contributed by atoms with van der Waals surface area (Å²) >= 11 is 5.85. The summed E-state index contributed by atoms with van der Waals surface area (Å²) in [7, 11) is 3.38. The van der Waals surface area contributed by atoms with Gasteiger partial charge in [-0.25, -0.2) is 0 Å². The van der Waals surface area contributed by atoms with Crippen LogP contribution in [0.2, 0.25) is 5.02 Å². The predicted molar refractivity (Wildman–Crippen MR) is 63.4 cm³/mol. The SMILES string of the molecule is CN(C)C(=O)CNc1ccc(C#N)c(Cl)c1. The molecule has 0 saturated heterocycles. The highest BCUT2D eigenvalue weighted by atomic mass is 35.5. The van der Waals surface area contributed by atoms with E-state index in [0.717, 1.165) is 5.69 Å². The largest absolute Gasteiger partial charge is 0.376 e. The Labute approximate surface area is 99.4 Å². The van der Waals surface area contributed by atoms with Gasteiger partial charge in [-0.2, -0.15) is 5.26 Å². The van der Waals surface area contributed by atoms with Crippen molar-refractivity contribution in [2.24, 2.45) is 0 Å². The van der Waals surface area contributed by atoms with E-state index >= 15 is 0 Å². The molecule has 16 heavy (non-hydrogen) atoms. The zero-order chi connectivity index (χ0) is 12.1. The Morgan fingerprint density at radius 1 is 1.56 bits per heavy atom. The van der Waals surface area contributed by atoms with Gasteiger partial charge in [0.25, 0.3) is 0 Å². The summed E-state index contributed by atoms with van der Waals surface area (Å²) in [5.74, 6) is -0.0273. The zero-order valence-electron chi connectivity index (χ0n) is 9.12. The number of likely N-dealkylation sites (N-methyl/N-ethyl adjacent to an activating group) is 1. The fourth-order valence-electron chi connectivity index (χ4n) is 1.05. The number of carbonyl (C=O) groups is 1. The molecule has 0 saturated carbocycles. The average Bonchev–Trinajstić information content (AvgIpc) is 2.25. The van der Waals surface area contributed by atoms with Gasteiger partial charge in [0.15, 0.2) is 0 Å². The quantitative estimate of drug-likeness (QED) is 0.871. The molecule has 0 heterocycles. The van der Waals surface area contributed by atoms with Crippen LogP contribution in [0.25, 0.3) is 0 Å². The van der Waals surface area contributed by atoms with Gasteiger partial charge in [0.1, 0.15) is 6.07 Å². The molecule has 0 aromatic heterocycles. The highest BCUT2D eigenvalue weighted by molar-refractivity contribution is 6.32. The molecule has 0 atom stereocenters. The van der Waals surface area contributed by atoms with Gasteiger partial charge in [-0.3, -0.25) is 4.79 Å². The lowest BCUT2D eigenvalue weighted by Gasteiger charge is -2.11. The number of hydrogen-bond donors (Lipinski definition) is 1. The summed E-state index contributed by atoms with van der Waals surface area (Å²) in [4.78, 5) is 12.8. The highest BCUT2D eigenvalue weighted by Gasteiger charge is 2.04. The number of hydrogen-bond acceptors (Lipinski definition) is 3. The van der Waals surface area contributed by atoms with Gasteiger partial charge in [-0.05, 0) is 18.2 Å². The molecule has 0 aliphatic heterocycles. The molecule has 0 bridgehead atoms. The third-order valence-corrected chi connectivity index (χ3v) is 2.34. The van der Waals surface area contributed by atoms with Crippen molar-refractivity contribution in [3.8, 4) is 6.07 Å². The minimum Gasteiger partial charge on any atom is -0.376 e. The van der Waals surface area contributed by atoms with Crippen molar-refractivity contribution in [3.05, 3.63) is 28.8 Å². The highest BCUT2D eigenvalue weighted by Crippen LogP contribution is 2.19. The van der Waals surface area contributed by atoms with Crippen molar-refractivity contribution in [2.45, 2.75) is 0 Å². The van der Waals surface area contributed by atoms with Crippen LogP contribution >= 0.6 is 11.6 Å². The third-order valence-electron chi connectivity index (χ3n) is 2.03. The molecule has 0 aliphatic carbocycles. The van der Waals surface area contributed by atoms with E-state index in [1.807, 2.05) is 6.07 Å². The Morgan fingerprint density at radius 3 is 2.75 bits per heavy atom. The van der Waals surface area contributed by atoms with Crippen LogP contribution in [-0.2, 0) is 4.79 Å². The lowest BCUT2D eigenvalue weighted by molar-refractivity contribution is -0.126. The summed E-state index contributed by atoms with van der Waals surface area (Å²) in [6.07, 6.45) is 0. The standard InChI is InChI=1S/C11H12ClN3O/c1-15(2)11(16)7-14-9-4-3-8(6-13)10(12)5-9/h3-5,14H,7H2,1-2H3. The fourth-order valence-corrected chi connectivity index (χ4v) is 1.27. The first-order chi connectivity index (χ1) is 7.54. The maximum absolute atomic E-state index is 11.3. The molecule has 1 N–H and O–H groups in total. The van der Waals surface area contributed by atoms with E-state index < -0.39 is 0 Å². The average molecular weight is 238 g/mol. The number of amides is 1. The van der Waals surface area contributed by atoms with Crippen LogP contribution in [0.15, 0.2) is 18.2 Å². The van der Waals surface area contributed by atoms with Crippen molar-refractivity contribution in [3.63, 3.8) is 0 Å². The monoisotopic (exact) mass is 237 g/mol. The van der Waals surface area contributed by atoms with Crippen molar-refractivity contribution in [1.82, 2.24) is 4.90 Å². The minimum atomic E-state index is -0.0273. The van der Waals surface area contributed by atoms with Gasteiger partial charge in [-0.1, -0.05) is 11.6 Å². The van der Waals surface area contributed by atoms with E-state index in [-0.39, 0.29) is 12.5 Å². The van der Waals surface area contributed by atoms with Crippen molar-refractivity contribution in [2.75, 3.05) is 26.0 Å².